The van der Waals surface area contributed by atoms with Crippen molar-refractivity contribution in [2.75, 3.05) is 6.61 Å². The van der Waals surface area contributed by atoms with Crippen molar-refractivity contribution in [2.45, 2.75) is 13.5 Å². The Kier molecular flexibility index (Phi) is 8.21. The van der Waals surface area contributed by atoms with Crippen LogP contribution < -0.4 is 14.8 Å². The molecular formula is C24H18ClN3O7. The molecule has 178 valence electrons. The van der Waals surface area contributed by atoms with Gasteiger partial charge in [0.25, 0.3) is 11.6 Å². The maximum atomic E-state index is 12.6. The van der Waals surface area contributed by atoms with Gasteiger partial charge in [-0.1, -0.05) is 17.7 Å². The molecule has 1 N–H and O–H groups in total. The van der Waals surface area contributed by atoms with Gasteiger partial charge in [0, 0.05) is 12.1 Å². The van der Waals surface area contributed by atoms with Crippen molar-refractivity contribution in [3.8, 4) is 17.6 Å². The predicted molar refractivity (Wildman–Crippen MR) is 125 cm³/mol. The van der Waals surface area contributed by atoms with Crippen LogP contribution in [-0.4, -0.2) is 23.4 Å². The molecule has 0 bridgehead atoms. The Morgan fingerprint density at radius 1 is 1.23 bits per heavy atom. The summed E-state index contributed by atoms with van der Waals surface area (Å²) >= 11 is 6.00. The van der Waals surface area contributed by atoms with E-state index in [-0.39, 0.29) is 46.5 Å². The molecule has 0 aliphatic carbocycles. The topological polar surface area (TPSA) is 145 Å². The average Bonchev–Trinajstić information content (AvgIpc) is 3.36. The molecule has 2 aromatic carbocycles. The monoisotopic (exact) mass is 495 g/mol. The van der Waals surface area contributed by atoms with Gasteiger partial charge < -0.3 is 19.2 Å². The molecule has 1 heterocycles. The number of halogens is 1. The Balaban J connectivity index is 1.80. The molecule has 1 aromatic heterocycles. The van der Waals surface area contributed by atoms with Crippen LogP contribution in [-0.2, 0) is 11.3 Å². The van der Waals surface area contributed by atoms with Gasteiger partial charge in [-0.05, 0) is 48.9 Å². The van der Waals surface area contributed by atoms with Crippen molar-refractivity contribution >= 4 is 35.2 Å². The van der Waals surface area contributed by atoms with Crippen molar-refractivity contribution in [2.24, 2.45) is 0 Å². The normalized spacial score (nSPS) is 10.8. The molecule has 10 nitrogen and oxygen atoms in total. The molecule has 0 atom stereocenters. The van der Waals surface area contributed by atoms with Gasteiger partial charge in [0.05, 0.1) is 34.9 Å². The first-order valence-electron chi connectivity index (χ1n) is 10.2. The quantitative estimate of drug-likeness (QED) is 0.112. The van der Waals surface area contributed by atoms with Crippen molar-refractivity contribution < 1.29 is 28.4 Å². The Morgan fingerprint density at radius 2 is 2.03 bits per heavy atom. The zero-order valence-corrected chi connectivity index (χ0v) is 19.1. The van der Waals surface area contributed by atoms with Gasteiger partial charge in [-0.2, -0.15) is 5.26 Å². The number of amides is 1. The number of hydrogen-bond acceptors (Lipinski definition) is 8. The molecule has 1 amide bonds. The maximum absolute atomic E-state index is 12.6. The van der Waals surface area contributed by atoms with E-state index in [2.05, 4.69) is 5.32 Å². The second-order valence-electron chi connectivity index (χ2n) is 6.88. The van der Waals surface area contributed by atoms with Gasteiger partial charge in [-0.3, -0.25) is 14.9 Å². The van der Waals surface area contributed by atoms with Gasteiger partial charge in [0.2, 0.25) is 0 Å². The van der Waals surface area contributed by atoms with Crippen molar-refractivity contribution in [3.05, 3.63) is 92.4 Å². The zero-order valence-electron chi connectivity index (χ0n) is 18.3. The summed E-state index contributed by atoms with van der Waals surface area (Å²) in [6.07, 6.45) is 2.83. The van der Waals surface area contributed by atoms with Gasteiger partial charge in [0.1, 0.15) is 17.4 Å². The third-order valence-electron chi connectivity index (χ3n) is 4.53. The minimum atomic E-state index is -0.843. The molecule has 0 fully saturated rings. The second kappa shape index (κ2) is 11.5. The van der Waals surface area contributed by atoms with Gasteiger partial charge >= 0.3 is 5.97 Å². The molecule has 0 aliphatic rings. The fourth-order valence-corrected chi connectivity index (χ4v) is 3.15. The SMILES string of the molecule is CCOc1cc(C=C(C#N)C(=O)NCc2ccco2)ccc1OC(=O)c1ccc([N+](=O)[O-])cc1Cl. The lowest BCUT2D eigenvalue weighted by Gasteiger charge is -2.12. The number of furan rings is 1. The first-order valence-corrected chi connectivity index (χ1v) is 10.6. The second-order valence-corrected chi connectivity index (χ2v) is 7.29. The van der Waals surface area contributed by atoms with Crippen LogP contribution in [0.1, 0.15) is 28.6 Å². The lowest BCUT2D eigenvalue weighted by atomic mass is 10.1. The number of nitrogens with one attached hydrogen (secondary N) is 1. The minimum Gasteiger partial charge on any atom is -0.490 e. The Morgan fingerprint density at radius 3 is 2.66 bits per heavy atom. The summed E-state index contributed by atoms with van der Waals surface area (Å²) in [4.78, 5) is 35.2. The van der Waals surface area contributed by atoms with E-state index < -0.39 is 16.8 Å². The number of benzene rings is 2. The summed E-state index contributed by atoms with van der Waals surface area (Å²) in [5, 5.41) is 22.7. The molecule has 0 spiro atoms. The predicted octanol–water partition coefficient (Wildman–Crippen LogP) is 4.68. The summed E-state index contributed by atoms with van der Waals surface area (Å²) < 4.78 is 16.1. The van der Waals surface area contributed by atoms with Crippen LogP contribution in [0.3, 0.4) is 0 Å². The van der Waals surface area contributed by atoms with Crippen molar-refractivity contribution in [1.82, 2.24) is 5.32 Å². The molecule has 0 saturated carbocycles. The molecule has 35 heavy (non-hydrogen) atoms. The molecule has 3 rings (SSSR count). The number of nitrogens with zero attached hydrogens (tertiary/aromatic N) is 2. The van der Waals surface area contributed by atoms with Crippen molar-refractivity contribution in [1.29, 1.82) is 5.26 Å². The molecule has 0 aliphatic heterocycles. The first kappa shape index (κ1) is 25.0. The van der Waals surface area contributed by atoms with E-state index in [0.717, 1.165) is 12.1 Å². The summed E-state index contributed by atoms with van der Waals surface area (Å²) in [5.74, 6) is -0.659. The van der Waals surface area contributed by atoms with E-state index in [9.17, 15) is 25.0 Å². The average molecular weight is 496 g/mol. The molecular weight excluding hydrogens is 478 g/mol. The third-order valence-corrected chi connectivity index (χ3v) is 4.85. The lowest BCUT2D eigenvalue weighted by Crippen LogP contribution is -2.23. The van der Waals surface area contributed by atoms with E-state index in [1.165, 1.54) is 36.6 Å². The van der Waals surface area contributed by atoms with Gasteiger partial charge in [0.15, 0.2) is 11.5 Å². The Labute approximate surface area is 204 Å². The third kappa shape index (κ3) is 6.46. The first-order chi connectivity index (χ1) is 16.8. The lowest BCUT2D eigenvalue weighted by molar-refractivity contribution is -0.384. The Bertz CT molecular complexity index is 1330. The number of carbonyl (C=O) groups is 2. The molecule has 3 aromatic rings. The van der Waals surface area contributed by atoms with E-state index in [1.807, 2.05) is 6.07 Å². The standard InChI is InChI=1S/C24H18ClN3O7/c1-2-33-22-11-15(10-16(13-26)23(29)27-14-18-4-3-9-34-18)5-8-21(22)35-24(30)19-7-6-17(28(31)32)12-20(19)25/h3-12H,2,14H2,1H3,(H,27,29). The van der Waals surface area contributed by atoms with E-state index >= 15 is 0 Å². The number of nitro groups is 1. The number of non-ortho nitro benzene ring substituents is 1. The molecule has 0 unspecified atom stereocenters. The van der Waals surface area contributed by atoms with E-state index in [0.29, 0.717) is 11.3 Å². The van der Waals surface area contributed by atoms with Crippen LogP contribution in [0.25, 0.3) is 6.08 Å². The fourth-order valence-electron chi connectivity index (χ4n) is 2.90. The van der Waals surface area contributed by atoms with E-state index in [1.54, 1.807) is 19.1 Å². The molecule has 0 radical (unpaired) electrons. The number of nitriles is 1. The van der Waals surface area contributed by atoms with Crippen LogP contribution >= 0.6 is 11.6 Å². The highest BCUT2D eigenvalue weighted by atomic mass is 35.5. The smallest absolute Gasteiger partial charge is 0.345 e. The maximum Gasteiger partial charge on any atom is 0.345 e. The highest BCUT2D eigenvalue weighted by Gasteiger charge is 2.19. The van der Waals surface area contributed by atoms with E-state index in [4.69, 9.17) is 25.5 Å². The number of esters is 1. The van der Waals surface area contributed by atoms with Crippen LogP contribution in [0.4, 0.5) is 5.69 Å². The fraction of sp³-hybridized carbons (Fsp3) is 0.125. The number of hydrogen-bond donors (Lipinski definition) is 1. The highest BCUT2D eigenvalue weighted by Crippen LogP contribution is 2.31. The van der Waals surface area contributed by atoms with Crippen LogP contribution in [0, 0.1) is 21.4 Å². The Hall–Kier alpha value is -4.62. The van der Waals surface area contributed by atoms with Gasteiger partial charge in [-0.15, -0.1) is 0 Å². The highest BCUT2D eigenvalue weighted by molar-refractivity contribution is 6.33. The zero-order chi connectivity index (χ0) is 25.4. The molecule has 0 saturated heterocycles. The number of carbonyl (C=O) groups excluding carboxylic acids is 2. The number of nitro benzene ring substituents is 1. The summed E-state index contributed by atoms with van der Waals surface area (Å²) in [6, 6.07) is 13.1. The van der Waals surface area contributed by atoms with Crippen LogP contribution in [0.15, 0.2) is 64.8 Å². The molecule has 11 heteroatoms. The van der Waals surface area contributed by atoms with Crippen molar-refractivity contribution in [3.63, 3.8) is 0 Å². The number of rotatable bonds is 9. The van der Waals surface area contributed by atoms with Gasteiger partial charge in [-0.25, -0.2) is 4.79 Å². The largest absolute Gasteiger partial charge is 0.490 e. The van der Waals surface area contributed by atoms with Crippen LogP contribution in [0.2, 0.25) is 5.02 Å². The minimum absolute atomic E-state index is 0.0594. The van der Waals surface area contributed by atoms with Crippen LogP contribution in [0.5, 0.6) is 11.5 Å². The summed E-state index contributed by atoms with van der Waals surface area (Å²) in [6.45, 7) is 2.09. The summed E-state index contributed by atoms with van der Waals surface area (Å²) in [7, 11) is 0. The number of ether oxygens (including phenoxy) is 2. The summed E-state index contributed by atoms with van der Waals surface area (Å²) in [5.41, 5.74) is -0.0319.